The highest BCUT2D eigenvalue weighted by molar-refractivity contribution is 4.88. The molecule has 0 saturated carbocycles. The Morgan fingerprint density at radius 1 is 1.36 bits per heavy atom. The fraction of sp³-hybridized carbons (Fsp3) is 0.571. The van der Waals surface area contributed by atoms with Crippen molar-refractivity contribution in [2.45, 2.75) is 0 Å². The van der Waals surface area contributed by atoms with Crippen molar-refractivity contribution in [2.24, 2.45) is 0 Å². The molecular formula is C7H10N3O. The van der Waals surface area contributed by atoms with E-state index in [1.54, 1.807) is 6.20 Å². The lowest BCUT2D eigenvalue weighted by Crippen LogP contribution is -2.44. The van der Waals surface area contributed by atoms with Gasteiger partial charge in [0.15, 0.2) is 0 Å². The summed E-state index contributed by atoms with van der Waals surface area (Å²) in [4.78, 5) is 1.81. The Kier molecular flexibility index (Phi) is 1.77. The first-order valence-corrected chi connectivity index (χ1v) is 3.70. The van der Waals surface area contributed by atoms with Crippen molar-refractivity contribution in [1.29, 1.82) is 0 Å². The molecule has 2 rings (SSSR count). The van der Waals surface area contributed by atoms with Crippen molar-refractivity contribution in [1.82, 2.24) is 9.89 Å². The fourth-order valence-electron chi connectivity index (χ4n) is 1.14. The first-order valence-electron chi connectivity index (χ1n) is 3.70. The van der Waals surface area contributed by atoms with Crippen LogP contribution in [0.1, 0.15) is 0 Å². The van der Waals surface area contributed by atoms with Gasteiger partial charge in [0.25, 0.3) is 0 Å². The maximum Gasteiger partial charge on any atom is 0.0659 e. The molecule has 0 unspecified atom stereocenters. The Hall–Kier alpha value is -1.03. The third-order valence-electron chi connectivity index (χ3n) is 1.72. The van der Waals surface area contributed by atoms with Gasteiger partial charge in [-0.2, -0.15) is 9.89 Å². The zero-order valence-electron chi connectivity index (χ0n) is 6.23. The lowest BCUT2D eigenvalue weighted by Gasteiger charge is -2.27. The minimum atomic E-state index is 0.792. The Morgan fingerprint density at radius 2 is 2.18 bits per heavy atom. The van der Waals surface area contributed by atoms with Crippen LogP contribution in [0.3, 0.4) is 0 Å². The van der Waals surface area contributed by atoms with Crippen molar-refractivity contribution in [3.8, 4) is 0 Å². The minimum Gasteiger partial charge on any atom is -0.378 e. The van der Waals surface area contributed by atoms with E-state index in [2.05, 4.69) is 16.2 Å². The smallest absolute Gasteiger partial charge is 0.0659 e. The highest BCUT2D eigenvalue weighted by Gasteiger charge is 2.09. The van der Waals surface area contributed by atoms with Crippen LogP contribution in [0.2, 0.25) is 0 Å². The maximum absolute atomic E-state index is 5.20. The molecular weight excluding hydrogens is 142 g/mol. The highest BCUT2D eigenvalue weighted by Crippen LogP contribution is 1.94. The van der Waals surface area contributed by atoms with E-state index < -0.39 is 0 Å². The molecule has 4 heteroatoms. The molecule has 0 aromatic carbocycles. The van der Waals surface area contributed by atoms with E-state index in [0.717, 1.165) is 26.3 Å². The first kappa shape index (κ1) is 6.67. The summed E-state index contributed by atoms with van der Waals surface area (Å²) in [7, 11) is 0. The SMILES string of the molecule is [c]1cnn(N2CCOCC2)c1. The van der Waals surface area contributed by atoms with E-state index in [-0.39, 0.29) is 0 Å². The van der Waals surface area contributed by atoms with Gasteiger partial charge in [-0.1, -0.05) is 0 Å². The average molecular weight is 152 g/mol. The quantitative estimate of drug-likeness (QED) is 0.551. The Bertz CT molecular complexity index is 203. The van der Waals surface area contributed by atoms with Crippen molar-refractivity contribution in [3.63, 3.8) is 0 Å². The summed E-state index contributed by atoms with van der Waals surface area (Å²) >= 11 is 0. The second-order valence-electron chi connectivity index (χ2n) is 2.43. The van der Waals surface area contributed by atoms with Crippen LogP contribution in [0.25, 0.3) is 0 Å². The van der Waals surface area contributed by atoms with Crippen LogP contribution < -0.4 is 5.01 Å². The largest absolute Gasteiger partial charge is 0.378 e. The lowest BCUT2D eigenvalue weighted by molar-refractivity contribution is 0.109. The van der Waals surface area contributed by atoms with Crippen molar-refractivity contribution < 1.29 is 4.74 Å². The molecule has 2 heterocycles. The summed E-state index contributed by atoms with van der Waals surface area (Å²) < 4.78 is 5.20. The van der Waals surface area contributed by atoms with Crippen LogP contribution >= 0.6 is 0 Å². The van der Waals surface area contributed by atoms with Gasteiger partial charge in [-0.05, 0) is 0 Å². The normalized spacial score (nSPS) is 18.7. The number of aromatic nitrogens is 2. The number of ether oxygens (including phenoxy) is 1. The molecule has 11 heavy (non-hydrogen) atoms. The molecule has 0 aliphatic carbocycles. The topological polar surface area (TPSA) is 30.3 Å². The van der Waals surface area contributed by atoms with Crippen molar-refractivity contribution in [2.75, 3.05) is 31.3 Å². The van der Waals surface area contributed by atoms with Crippen LogP contribution in [0.4, 0.5) is 0 Å². The second-order valence-corrected chi connectivity index (χ2v) is 2.43. The van der Waals surface area contributed by atoms with E-state index in [1.165, 1.54) is 0 Å². The maximum atomic E-state index is 5.20. The summed E-state index contributed by atoms with van der Waals surface area (Å²) in [5, 5.41) is 6.20. The van der Waals surface area contributed by atoms with E-state index in [0.29, 0.717) is 0 Å². The molecule has 1 aliphatic heterocycles. The molecule has 1 radical (unpaired) electrons. The monoisotopic (exact) mass is 152 g/mol. The number of hydrogen-bond donors (Lipinski definition) is 0. The van der Waals surface area contributed by atoms with Gasteiger partial charge in [-0.3, -0.25) is 5.01 Å². The molecule has 0 N–H and O–H groups in total. The van der Waals surface area contributed by atoms with Gasteiger partial charge in [0.2, 0.25) is 0 Å². The average Bonchev–Trinajstić information content (AvgIpc) is 2.58. The molecule has 1 aliphatic rings. The van der Waals surface area contributed by atoms with Crippen LogP contribution in [0, 0.1) is 6.07 Å². The van der Waals surface area contributed by atoms with Crippen LogP contribution in [0.5, 0.6) is 0 Å². The first-order chi connectivity index (χ1) is 5.47. The number of morpholine rings is 1. The molecule has 0 bridgehead atoms. The fourth-order valence-corrected chi connectivity index (χ4v) is 1.14. The molecule has 0 amide bonds. The Morgan fingerprint density at radius 3 is 2.82 bits per heavy atom. The van der Waals surface area contributed by atoms with E-state index in [1.807, 2.05) is 11.0 Å². The van der Waals surface area contributed by atoms with Gasteiger partial charge in [0.1, 0.15) is 0 Å². The van der Waals surface area contributed by atoms with Gasteiger partial charge in [-0.25, -0.2) is 0 Å². The van der Waals surface area contributed by atoms with Gasteiger partial charge in [0, 0.05) is 6.07 Å². The summed E-state index contributed by atoms with van der Waals surface area (Å²) in [6, 6.07) is 2.90. The molecule has 1 aromatic heterocycles. The van der Waals surface area contributed by atoms with Crippen LogP contribution in [-0.2, 0) is 4.74 Å². The molecule has 1 aromatic rings. The van der Waals surface area contributed by atoms with E-state index in [9.17, 15) is 0 Å². The van der Waals surface area contributed by atoms with Crippen molar-refractivity contribution >= 4 is 0 Å². The van der Waals surface area contributed by atoms with Gasteiger partial charge < -0.3 is 4.74 Å². The lowest BCUT2D eigenvalue weighted by atomic mass is 10.5. The summed E-state index contributed by atoms with van der Waals surface area (Å²) in [5.41, 5.74) is 0. The predicted molar refractivity (Wildman–Crippen MR) is 39.8 cm³/mol. The number of rotatable bonds is 1. The zero-order chi connectivity index (χ0) is 7.52. The molecule has 4 nitrogen and oxygen atoms in total. The predicted octanol–water partition coefficient (Wildman–Crippen LogP) is -0.349. The number of nitrogens with zero attached hydrogens (tertiary/aromatic N) is 3. The van der Waals surface area contributed by atoms with Gasteiger partial charge in [-0.15, -0.1) is 0 Å². The van der Waals surface area contributed by atoms with Crippen molar-refractivity contribution in [3.05, 3.63) is 18.5 Å². The molecule has 1 saturated heterocycles. The molecule has 1 fully saturated rings. The van der Waals surface area contributed by atoms with Crippen LogP contribution in [0.15, 0.2) is 12.4 Å². The zero-order valence-corrected chi connectivity index (χ0v) is 6.23. The minimum absolute atomic E-state index is 0.792. The summed E-state index contributed by atoms with van der Waals surface area (Å²) in [6.07, 6.45) is 3.49. The molecule has 0 atom stereocenters. The number of hydrogen-bond acceptors (Lipinski definition) is 3. The van der Waals surface area contributed by atoms with Gasteiger partial charge >= 0.3 is 0 Å². The Labute approximate surface area is 65.3 Å². The third kappa shape index (κ3) is 1.35. The molecule has 59 valence electrons. The van der Waals surface area contributed by atoms with Crippen LogP contribution in [-0.4, -0.2) is 36.2 Å². The third-order valence-corrected chi connectivity index (χ3v) is 1.72. The van der Waals surface area contributed by atoms with Gasteiger partial charge in [0.05, 0.1) is 38.7 Å². The van der Waals surface area contributed by atoms with E-state index in [4.69, 9.17) is 4.74 Å². The van der Waals surface area contributed by atoms with E-state index >= 15 is 0 Å². The second kappa shape index (κ2) is 2.92. The Balaban J connectivity index is 2.04. The summed E-state index contributed by atoms with van der Waals surface area (Å²) in [5.74, 6) is 0. The standard InChI is InChI=1S/C7H10N3O/c1-2-8-10(3-1)9-4-6-11-7-5-9/h2-3H,4-7H2. The molecule has 0 spiro atoms. The summed E-state index contributed by atoms with van der Waals surface area (Å²) in [6.45, 7) is 3.41. The highest BCUT2D eigenvalue weighted by atomic mass is 16.5.